The Balaban J connectivity index is 1.34. The summed E-state index contributed by atoms with van der Waals surface area (Å²) < 4.78 is 13.3. The summed E-state index contributed by atoms with van der Waals surface area (Å²) in [6.07, 6.45) is 17.0. The Hall–Kier alpha value is -2.29. The van der Waals surface area contributed by atoms with Gasteiger partial charge in [0.15, 0.2) is 0 Å². The van der Waals surface area contributed by atoms with E-state index in [9.17, 15) is 9.18 Å². The SMILES string of the molecule is O=C(CCc1cccc(F)c1)CC1CCCC(C2=NC=CCC3=C2C=CC3)C1. The molecule has 0 bridgehead atoms. The van der Waals surface area contributed by atoms with Crippen molar-refractivity contribution in [3.05, 3.63) is 71.2 Å². The number of allylic oxidation sites excluding steroid dienone is 5. The second-order valence-electron chi connectivity index (χ2n) is 8.33. The molecule has 0 spiro atoms. The van der Waals surface area contributed by atoms with Crippen LogP contribution in [-0.4, -0.2) is 11.5 Å². The molecular formula is C25H28FNO. The predicted molar refractivity (Wildman–Crippen MR) is 112 cm³/mol. The highest BCUT2D eigenvalue weighted by molar-refractivity contribution is 6.06. The largest absolute Gasteiger partial charge is 0.300 e. The maximum atomic E-state index is 13.3. The van der Waals surface area contributed by atoms with Crippen LogP contribution in [0.1, 0.15) is 56.9 Å². The van der Waals surface area contributed by atoms with Crippen LogP contribution in [-0.2, 0) is 11.2 Å². The Labute approximate surface area is 167 Å². The molecule has 1 aromatic rings. The Morgan fingerprint density at radius 2 is 2.07 bits per heavy atom. The molecule has 28 heavy (non-hydrogen) atoms. The van der Waals surface area contributed by atoms with E-state index in [1.54, 1.807) is 6.07 Å². The van der Waals surface area contributed by atoms with Gasteiger partial charge in [-0.1, -0.05) is 42.4 Å². The lowest BCUT2D eigenvalue weighted by Gasteiger charge is -2.30. The molecule has 1 saturated carbocycles. The number of aryl methyl sites for hydroxylation is 1. The number of carbonyl (C=O) groups is 1. The zero-order valence-electron chi connectivity index (χ0n) is 16.4. The van der Waals surface area contributed by atoms with E-state index in [4.69, 9.17) is 4.99 Å². The average Bonchev–Trinajstić information content (AvgIpc) is 3.06. The molecule has 3 heteroatoms. The average molecular weight is 378 g/mol. The fourth-order valence-electron chi connectivity index (χ4n) is 4.85. The summed E-state index contributed by atoms with van der Waals surface area (Å²) in [7, 11) is 0. The lowest BCUT2D eigenvalue weighted by Crippen LogP contribution is -2.25. The number of ketones is 1. The van der Waals surface area contributed by atoms with Crippen LogP contribution in [0.15, 0.2) is 64.8 Å². The van der Waals surface area contributed by atoms with Crippen LogP contribution in [0, 0.1) is 17.7 Å². The second kappa shape index (κ2) is 8.81. The minimum Gasteiger partial charge on any atom is -0.300 e. The standard InChI is InChI=1S/C25H28FNO/c26-22-10-2-5-18(16-22)12-13-23(28)17-19-6-1-8-21(15-19)25-24-11-3-7-20(24)9-4-14-27-25/h2-5,10-11,14,16,19,21H,1,6-9,12-13,15,17H2. The molecule has 2 aliphatic carbocycles. The van der Waals surface area contributed by atoms with Crippen molar-refractivity contribution >= 4 is 11.5 Å². The molecule has 4 rings (SSSR count). The maximum Gasteiger partial charge on any atom is 0.133 e. The number of hydrogen-bond donors (Lipinski definition) is 0. The molecular weight excluding hydrogens is 349 g/mol. The third-order valence-electron chi connectivity index (χ3n) is 6.26. The monoisotopic (exact) mass is 377 g/mol. The minimum atomic E-state index is -0.229. The van der Waals surface area contributed by atoms with Gasteiger partial charge in [0.25, 0.3) is 0 Å². The molecule has 0 N–H and O–H groups in total. The Morgan fingerprint density at radius 1 is 1.18 bits per heavy atom. The number of rotatable bonds is 6. The highest BCUT2D eigenvalue weighted by atomic mass is 19.1. The number of nitrogens with zero attached hydrogens (tertiary/aromatic N) is 1. The molecule has 1 aromatic carbocycles. The number of hydrogen-bond acceptors (Lipinski definition) is 2. The van der Waals surface area contributed by atoms with Crippen molar-refractivity contribution in [3.8, 4) is 0 Å². The van der Waals surface area contributed by atoms with Crippen LogP contribution in [0.4, 0.5) is 4.39 Å². The lowest BCUT2D eigenvalue weighted by molar-refractivity contribution is -0.120. The quantitative estimate of drug-likeness (QED) is 0.585. The summed E-state index contributed by atoms with van der Waals surface area (Å²) in [5, 5.41) is 0. The molecule has 2 unspecified atom stereocenters. The van der Waals surface area contributed by atoms with Gasteiger partial charge in [-0.25, -0.2) is 4.39 Å². The fraction of sp³-hybridized carbons (Fsp3) is 0.440. The van der Waals surface area contributed by atoms with E-state index in [2.05, 4.69) is 18.2 Å². The lowest BCUT2D eigenvalue weighted by atomic mass is 9.75. The van der Waals surface area contributed by atoms with Gasteiger partial charge in [0, 0.05) is 25.0 Å². The van der Waals surface area contributed by atoms with E-state index in [1.807, 2.05) is 12.3 Å². The molecule has 1 fully saturated rings. The zero-order chi connectivity index (χ0) is 19.3. The number of carbonyl (C=O) groups excluding carboxylic acids is 1. The summed E-state index contributed by atoms with van der Waals surface area (Å²) in [5.41, 5.74) is 4.99. The summed E-state index contributed by atoms with van der Waals surface area (Å²) in [6, 6.07) is 6.58. The fourth-order valence-corrected chi connectivity index (χ4v) is 4.85. The van der Waals surface area contributed by atoms with Crippen molar-refractivity contribution in [1.82, 2.24) is 0 Å². The highest BCUT2D eigenvalue weighted by Crippen LogP contribution is 2.37. The molecule has 2 atom stereocenters. The molecule has 0 aromatic heterocycles. The van der Waals surface area contributed by atoms with Crippen LogP contribution < -0.4 is 0 Å². The third kappa shape index (κ3) is 4.57. The van der Waals surface area contributed by atoms with E-state index in [0.29, 0.717) is 36.9 Å². The second-order valence-corrected chi connectivity index (χ2v) is 8.33. The first-order valence-electron chi connectivity index (χ1n) is 10.6. The van der Waals surface area contributed by atoms with Gasteiger partial charge in [-0.05, 0) is 67.7 Å². The van der Waals surface area contributed by atoms with E-state index >= 15 is 0 Å². The van der Waals surface area contributed by atoms with Crippen molar-refractivity contribution in [2.24, 2.45) is 16.8 Å². The van der Waals surface area contributed by atoms with Gasteiger partial charge < -0.3 is 0 Å². The first kappa shape index (κ1) is 19.0. The first-order valence-corrected chi connectivity index (χ1v) is 10.6. The summed E-state index contributed by atoms with van der Waals surface area (Å²) in [4.78, 5) is 17.3. The molecule has 2 nitrogen and oxygen atoms in total. The molecule has 3 aliphatic rings. The first-order chi connectivity index (χ1) is 13.7. The van der Waals surface area contributed by atoms with Crippen LogP contribution in [0.2, 0.25) is 0 Å². The van der Waals surface area contributed by atoms with Gasteiger partial charge in [0.05, 0.1) is 5.71 Å². The molecule has 1 heterocycles. The number of halogens is 1. The van der Waals surface area contributed by atoms with E-state index < -0.39 is 0 Å². The minimum absolute atomic E-state index is 0.229. The maximum absolute atomic E-state index is 13.3. The van der Waals surface area contributed by atoms with Gasteiger partial charge in [0.1, 0.15) is 11.6 Å². The van der Waals surface area contributed by atoms with Crippen LogP contribution >= 0.6 is 0 Å². The molecule has 0 radical (unpaired) electrons. The van der Waals surface area contributed by atoms with Crippen LogP contribution in [0.5, 0.6) is 0 Å². The van der Waals surface area contributed by atoms with Crippen molar-refractivity contribution in [2.45, 2.75) is 57.8 Å². The predicted octanol–water partition coefficient (Wildman–Crippen LogP) is 6.14. The van der Waals surface area contributed by atoms with Crippen molar-refractivity contribution in [1.29, 1.82) is 0 Å². The van der Waals surface area contributed by atoms with Gasteiger partial charge in [-0.3, -0.25) is 9.79 Å². The third-order valence-corrected chi connectivity index (χ3v) is 6.26. The van der Waals surface area contributed by atoms with Crippen molar-refractivity contribution in [3.63, 3.8) is 0 Å². The summed E-state index contributed by atoms with van der Waals surface area (Å²) in [5.74, 6) is 0.986. The van der Waals surface area contributed by atoms with Gasteiger partial charge >= 0.3 is 0 Å². The van der Waals surface area contributed by atoms with Crippen LogP contribution in [0.25, 0.3) is 0 Å². The zero-order valence-corrected chi connectivity index (χ0v) is 16.4. The number of aliphatic imine (C=N–C) groups is 1. The molecule has 1 aliphatic heterocycles. The summed E-state index contributed by atoms with van der Waals surface area (Å²) in [6.45, 7) is 0. The van der Waals surface area contributed by atoms with E-state index in [0.717, 1.165) is 31.2 Å². The summed E-state index contributed by atoms with van der Waals surface area (Å²) >= 11 is 0. The van der Waals surface area contributed by atoms with Gasteiger partial charge in [-0.2, -0.15) is 0 Å². The molecule has 0 saturated heterocycles. The number of Topliss-reactive ketones (excluding diaryl/α,β-unsaturated/α-hetero) is 1. The smallest absolute Gasteiger partial charge is 0.133 e. The Morgan fingerprint density at radius 3 is 2.96 bits per heavy atom. The Kier molecular flexibility index (Phi) is 5.99. The Bertz CT molecular complexity index is 861. The molecule has 0 amide bonds. The van der Waals surface area contributed by atoms with Crippen molar-refractivity contribution < 1.29 is 9.18 Å². The highest BCUT2D eigenvalue weighted by Gasteiger charge is 2.29. The normalized spacial score (nSPS) is 24.1. The van der Waals surface area contributed by atoms with E-state index in [1.165, 1.54) is 41.8 Å². The number of benzene rings is 1. The molecule has 146 valence electrons. The topological polar surface area (TPSA) is 29.4 Å². The van der Waals surface area contributed by atoms with Crippen molar-refractivity contribution in [2.75, 3.05) is 0 Å². The van der Waals surface area contributed by atoms with Gasteiger partial charge in [0.2, 0.25) is 0 Å². The van der Waals surface area contributed by atoms with E-state index in [-0.39, 0.29) is 5.82 Å². The van der Waals surface area contributed by atoms with Gasteiger partial charge in [-0.15, -0.1) is 0 Å². The van der Waals surface area contributed by atoms with Crippen LogP contribution in [0.3, 0.4) is 0 Å².